The Morgan fingerprint density at radius 2 is 2.18 bits per heavy atom. The zero-order chi connectivity index (χ0) is 16.1. The van der Waals surface area contributed by atoms with Crippen molar-refractivity contribution in [1.82, 2.24) is 10.3 Å². The molecular weight excluding hydrogens is 286 g/mol. The fraction of sp³-hybridized carbons (Fsp3) is 0.200. The second-order valence-corrected chi connectivity index (χ2v) is 4.63. The molecule has 0 fully saturated rings. The fourth-order valence-corrected chi connectivity index (χ4v) is 1.97. The minimum atomic E-state index is -0.583. The average Bonchev–Trinajstić information content (AvgIpc) is 2.54. The quantitative estimate of drug-likeness (QED) is 0.676. The molecule has 0 aliphatic heterocycles. The fourth-order valence-electron chi connectivity index (χ4n) is 1.97. The number of amides is 1. The summed E-state index contributed by atoms with van der Waals surface area (Å²) in [5, 5.41) is 13.8. The van der Waals surface area contributed by atoms with E-state index >= 15 is 0 Å². The number of carbonyl (C=O) groups is 1. The second-order valence-electron chi connectivity index (χ2n) is 4.63. The van der Waals surface area contributed by atoms with Crippen molar-refractivity contribution in [3.8, 4) is 5.75 Å². The predicted octanol–water partition coefficient (Wildman–Crippen LogP) is 2.49. The van der Waals surface area contributed by atoms with Gasteiger partial charge < -0.3 is 10.1 Å². The van der Waals surface area contributed by atoms with E-state index in [-0.39, 0.29) is 23.0 Å². The summed E-state index contributed by atoms with van der Waals surface area (Å²) in [5.74, 6) is -0.288. The number of pyridine rings is 1. The predicted molar refractivity (Wildman–Crippen MR) is 79.8 cm³/mol. The van der Waals surface area contributed by atoms with Gasteiger partial charge in [-0.15, -0.1) is 0 Å². The molecular formula is C15H15N3O4. The number of nitrogens with one attached hydrogen (secondary N) is 1. The summed E-state index contributed by atoms with van der Waals surface area (Å²) in [6.45, 7) is 1.81. The molecule has 1 unspecified atom stereocenters. The molecule has 0 spiro atoms. The van der Waals surface area contributed by atoms with E-state index in [1.807, 2.05) is 13.0 Å². The van der Waals surface area contributed by atoms with Crippen LogP contribution >= 0.6 is 0 Å². The van der Waals surface area contributed by atoms with Gasteiger partial charge in [-0.25, -0.2) is 0 Å². The molecule has 7 heteroatoms. The Morgan fingerprint density at radius 1 is 1.41 bits per heavy atom. The molecule has 1 aromatic carbocycles. The molecule has 1 aromatic heterocycles. The van der Waals surface area contributed by atoms with Crippen molar-refractivity contribution in [1.29, 1.82) is 0 Å². The molecule has 1 amide bonds. The van der Waals surface area contributed by atoms with Crippen LogP contribution in [-0.4, -0.2) is 22.9 Å². The van der Waals surface area contributed by atoms with Crippen LogP contribution in [0.2, 0.25) is 0 Å². The van der Waals surface area contributed by atoms with Gasteiger partial charge in [-0.05, 0) is 30.7 Å². The number of rotatable bonds is 5. The van der Waals surface area contributed by atoms with E-state index in [1.165, 1.54) is 25.3 Å². The largest absolute Gasteiger partial charge is 0.490 e. The molecule has 0 saturated carbocycles. The van der Waals surface area contributed by atoms with Gasteiger partial charge in [0.1, 0.15) is 0 Å². The molecule has 0 bridgehead atoms. The Bertz CT molecular complexity index is 688. The average molecular weight is 301 g/mol. The van der Waals surface area contributed by atoms with Crippen LogP contribution < -0.4 is 10.1 Å². The third-order valence-corrected chi connectivity index (χ3v) is 3.17. The molecule has 1 atom stereocenters. The first kappa shape index (κ1) is 15.4. The molecule has 2 aromatic rings. The third kappa shape index (κ3) is 3.38. The molecule has 1 N–H and O–H groups in total. The van der Waals surface area contributed by atoms with Crippen molar-refractivity contribution < 1.29 is 14.5 Å². The summed E-state index contributed by atoms with van der Waals surface area (Å²) < 4.78 is 4.91. The van der Waals surface area contributed by atoms with E-state index < -0.39 is 10.8 Å². The van der Waals surface area contributed by atoms with Crippen LogP contribution in [0.25, 0.3) is 0 Å². The van der Waals surface area contributed by atoms with Gasteiger partial charge in [-0.3, -0.25) is 19.9 Å². The Balaban J connectivity index is 2.19. The van der Waals surface area contributed by atoms with Gasteiger partial charge in [0.15, 0.2) is 5.75 Å². The van der Waals surface area contributed by atoms with E-state index in [4.69, 9.17) is 4.74 Å². The Kier molecular flexibility index (Phi) is 4.67. The highest BCUT2D eigenvalue weighted by Crippen LogP contribution is 2.27. The summed E-state index contributed by atoms with van der Waals surface area (Å²) in [6, 6.07) is 7.44. The third-order valence-electron chi connectivity index (χ3n) is 3.17. The van der Waals surface area contributed by atoms with Crippen LogP contribution in [0.1, 0.15) is 28.9 Å². The van der Waals surface area contributed by atoms with Crippen LogP contribution in [0.15, 0.2) is 42.7 Å². The first-order valence-corrected chi connectivity index (χ1v) is 6.56. The Labute approximate surface area is 127 Å². The maximum Gasteiger partial charge on any atom is 0.311 e. The zero-order valence-corrected chi connectivity index (χ0v) is 12.1. The summed E-state index contributed by atoms with van der Waals surface area (Å²) in [7, 11) is 1.34. The number of hydrogen-bond donors (Lipinski definition) is 1. The first-order chi connectivity index (χ1) is 10.5. The molecule has 0 radical (unpaired) electrons. The highest BCUT2D eigenvalue weighted by Gasteiger charge is 2.19. The lowest BCUT2D eigenvalue weighted by Crippen LogP contribution is -2.26. The summed E-state index contributed by atoms with van der Waals surface area (Å²) >= 11 is 0. The van der Waals surface area contributed by atoms with Crippen molar-refractivity contribution in [2.24, 2.45) is 0 Å². The lowest BCUT2D eigenvalue weighted by molar-refractivity contribution is -0.385. The van der Waals surface area contributed by atoms with Gasteiger partial charge in [0.05, 0.1) is 18.1 Å². The van der Waals surface area contributed by atoms with Crippen molar-refractivity contribution in [3.05, 3.63) is 64.0 Å². The van der Waals surface area contributed by atoms with Crippen molar-refractivity contribution in [2.75, 3.05) is 7.11 Å². The van der Waals surface area contributed by atoms with Crippen molar-refractivity contribution >= 4 is 11.6 Å². The van der Waals surface area contributed by atoms with Gasteiger partial charge in [-0.2, -0.15) is 0 Å². The number of nitrogens with zero attached hydrogens (tertiary/aromatic N) is 2. The molecule has 0 saturated heterocycles. The number of aromatic nitrogens is 1. The highest BCUT2D eigenvalue weighted by atomic mass is 16.6. The maximum atomic E-state index is 12.2. The number of ether oxygens (including phenoxy) is 1. The van der Waals surface area contributed by atoms with Crippen molar-refractivity contribution in [2.45, 2.75) is 13.0 Å². The van der Waals surface area contributed by atoms with Gasteiger partial charge in [-0.1, -0.05) is 6.07 Å². The number of nitro groups is 1. The van der Waals surface area contributed by atoms with Crippen LogP contribution in [0.4, 0.5) is 5.69 Å². The minimum Gasteiger partial charge on any atom is -0.490 e. The monoisotopic (exact) mass is 301 g/mol. The van der Waals surface area contributed by atoms with Crippen LogP contribution in [0, 0.1) is 10.1 Å². The van der Waals surface area contributed by atoms with Gasteiger partial charge in [0.25, 0.3) is 5.91 Å². The van der Waals surface area contributed by atoms with Gasteiger partial charge >= 0.3 is 5.69 Å². The van der Waals surface area contributed by atoms with E-state index in [0.717, 1.165) is 5.56 Å². The molecule has 114 valence electrons. The summed E-state index contributed by atoms with van der Waals surface area (Å²) in [4.78, 5) is 26.6. The standard InChI is InChI=1S/C15H15N3O4/c1-10(12-4-3-7-16-9-12)17-15(19)11-5-6-14(22-2)13(8-11)18(20)21/h3-10H,1-2H3,(H,17,19). The molecule has 22 heavy (non-hydrogen) atoms. The minimum absolute atomic E-state index is 0.113. The summed E-state index contributed by atoms with van der Waals surface area (Å²) in [5.41, 5.74) is 0.797. The molecule has 1 heterocycles. The van der Waals surface area contributed by atoms with E-state index in [1.54, 1.807) is 18.5 Å². The number of hydrogen-bond acceptors (Lipinski definition) is 5. The molecule has 0 aliphatic rings. The van der Waals surface area contributed by atoms with Crippen LogP contribution in [-0.2, 0) is 0 Å². The van der Waals surface area contributed by atoms with E-state index in [2.05, 4.69) is 10.3 Å². The highest BCUT2D eigenvalue weighted by molar-refractivity contribution is 5.95. The lowest BCUT2D eigenvalue weighted by Gasteiger charge is -2.14. The number of methoxy groups -OCH3 is 1. The van der Waals surface area contributed by atoms with E-state index in [0.29, 0.717) is 0 Å². The topological polar surface area (TPSA) is 94.4 Å². The number of carbonyl (C=O) groups excluding carboxylic acids is 1. The van der Waals surface area contributed by atoms with Crippen LogP contribution in [0.3, 0.4) is 0 Å². The van der Waals surface area contributed by atoms with Crippen LogP contribution in [0.5, 0.6) is 5.75 Å². The molecule has 2 rings (SSSR count). The SMILES string of the molecule is COc1ccc(C(=O)NC(C)c2cccnc2)cc1[N+](=O)[O-]. The number of benzene rings is 1. The lowest BCUT2D eigenvalue weighted by atomic mass is 10.1. The molecule has 7 nitrogen and oxygen atoms in total. The Hall–Kier alpha value is -2.96. The maximum absolute atomic E-state index is 12.2. The van der Waals surface area contributed by atoms with E-state index in [9.17, 15) is 14.9 Å². The Morgan fingerprint density at radius 3 is 2.77 bits per heavy atom. The number of nitro benzene ring substituents is 1. The normalized spacial score (nSPS) is 11.5. The van der Waals surface area contributed by atoms with Crippen molar-refractivity contribution in [3.63, 3.8) is 0 Å². The smallest absolute Gasteiger partial charge is 0.311 e. The zero-order valence-electron chi connectivity index (χ0n) is 12.1. The first-order valence-electron chi connectivity index (χ1n) is 6.56. The second kappa shape index (κ2) is 6.66. The van der Waals surface area contributed by atoms with Gasteiger partial charge in [0, 0.05) is 24.0 Å². The molecule has 0 aliphatic carbocycles. The van der Waals surface area contributed by atoms with Gasteiger partial charge in [0.2, 0.25) is 0 Å². The summed E-state index contributed by atoms with van der Waals surface area (Å²) in [6.07, 6.45) is 3.30.